The fourth-order valence-electron chi connectivity index (χ4n) is 2.95. The molecule has 0 radical (unpaired) electrons. The first-order chi connectivity index (χ1) is 13.3. The summed E-state index contributed by atoms with van der Waals surface area (Å²) in [6, 6.07) is 11.3. The number of hydrogen-bond donors (Lipinski definition) is 1. The van der Waals surface area contributed by atoms with Gasteiger partial charge in [-0.3, -0.25) is 4.79 Å². The summed E-state index contributed by atoms with van der Waals surface area (Å²) in [6.07, 6.45) is 0.589. The van der Waals surface area contributed by atoms with E-state index in [0.717, 1.165) is 4.31 Å². The molecule has 3 rings (SSSR count). The molecule has 1 fully saturated rings. The zero-order valence-electron chi connectivity index (χ0n) is 15.1. The zero-order valence-corrected chi connectivity index (χ0v) is 16.0. The molecule has 1 heterocycles. The number of hydrogen-bond acceptors (Lipinski definition) is 3. The molecule has 0 bridgehead atoms. The minimum atomic E-state index is -3.79. The van der Waals surface area contributed by atoms with E-state index in [1.807, 2.05) is 0 Å². The van der Waals surface area contributed by atoms with E-state index in [0.29, 0.717) is 24.1 Å². The highest BCUT2D eigenvalue weighted by Gasteiger charge is 2.34. The molecular weight excluding hydrogens is 388 g/mol. The van der Waals surface area contributed by atoms with Crippen LogP contribution in [0.15, 0.2) is 48.5 Å². The standard InChI is InChI=1S/C19H21F2N3O3S/c20-17-6-2-15(3-7-17)12-22-19(25)14-24-11-1-10-23(28(24,26)27)13-16-4-8-18(21)9-5-16/h2-9H,1,10-14H2,(H,22,25). The number of halogens is 2. The first-order valence-electron chi connectivity index (χ1n) is 8.85. The topological polar surface area (TPSA) is 69.7 Å². The Morgan fingerprint density at radius 2 is 1.43 bits per heavy atom. The normalized spacial score (nSPS) is 17.4. The van der Waals surface area contributed by atoms with Crippen molar-refractivity contribution in [3.8, 4) is 0 Å². The van der Waals surface area contributed by atoms with Gasteiger partial charge in [0.25, 0.3) is 10.2 Å². The van der Waals surface area contributed by atoms with Gasteiger partial charge in [-0.15, -0.1) is 0 Å². The van der Waals surface area contributed by atoms with Gasteiger partial charge >= 0.3 is 0 Å². The van der Waals surface area contributed by atoms with E-state index in [9.17, 15) is 22.0 Å². The van der Waals surface area contributed by atoms with Crippen LogP contribution in [-0.4, -0.2) is 42.6 Å². The number of nitrogens with one attached hydrogen (secondary N) is 1. The Morgan fingerprint density at radius 3 is 2.04 bits per heavy atom. The van der Waals surface area contributed by atoms with E-state index in [1.165, 1.54) is 28.6 Å². The number of nitrogens with zero attached hydrogens (tertiary/aromatic N) is 2. The summed E-state index contributed by atoms with van der Waals surface area (Å²) in [6.45, 7) is 0.617. The second kappa shape index (κ2) is 8.76. The van der Waals surface area contributed by atoms with E-state index >= 15 is 0 Å². The molecule has 0 aromatic heterocycles. The number of carbonyl (C=O) groups excluding carboxylic acids is 1. The van der Waals surface area contributed by atoms with Crippen molar-refractivity contribution in [2.75, 3.05) is 19.6 Å². The van der Waals surface area contributed by atoms with E-state index < -0.39 is 16.1 Å². The maximum atomic E-state index is 13.0. The number of rotatable bonds is 6. The lowest BCUT2D eigenvalue weighted by atomic mass is 10.2. The molecule has 1 saturated heterocycles. The summed E-state index contributed by atoms with van der Waals surface area (Å²) in [5.41, 5.74) is 1.39. The number of benzene rings is 2. The maximum absolute atomic E-state index is 13.0. The molecule has 6 nitrogen and oxygen atoms in total. The third-order valence-corrected chi connectivity index (χ3v) is 6.39. The van der Waals surface area contributed by atoms with Gasteiger partial charge in [0.05, 0.1) is 6.54 Å². The Hall–Kier alpha value is -2.36. The van der Waals surface area contributed by atoms with Crippen LogP contribution in [0.1, 0.15) is 17.5 Å². The van der Waals surface area contributed by atoms with Gasteiger partial charge in [-0.05, 0) is 41.8 Å². The molecule has 9 heteroatoms. The lowest BCUT2D eigenvalue weighted by Gasteiger charge is -2.34. The lowest BCUT2D eigenvalue weighted by Crippen LogP contribution is -2.52. The van der Waals surface area contributed by atoms with Crippen LogP contribution < -0.4 is 5.32 Å². The monoisotopic (exact) mass is 409 g/mol. The van der Waals surface area contributed by atoms with Crippen LogP contribution in [0.25, 0.3) is 0 Å². The summed E-state index contributed by atoms with van der Waals surface area (Å²) in [4.78, 5) is 12.2. The summed E-state index contributed by atoms with van der Waals surface area (Å²) < 4.78 is 53.9. The van der Waals surface area contributed by atoms with Crippen LogP contribution in [0.4, 0.5) is 8.78 Å². The van der Waals surface area contributed by atoms with Crippen molar-refractivity contribution in [2.45, 2.75) is 19.5 Å². The first kappa shape index (κ1) is 20.4. The second-order valence-corrected chi connectivity index (χ2v) is 8.49. The van der Waals surface area contributed by atoms with Crippen molar-refractivity contribution in [3.63, 3.8) is 0 Å². The molecule has 0 aliphatic carbocycles. The second-order valence-electron chi connectivity index (χ2n) is 6.56. The highest BCUT2D eigenvalue weighted by molar-refractivity contribution is 7.86. The van der Waals surface area contributed by atoms with Gasteiger partial charge in [0.15, 0.2) is 0 Å². The minimum absolute atomic E-state index is 0.121. The fraction of sp³-hybridized carbons (Fsp3) is 0.316. The van der Waals surface area contributed by atoms with Crippen molar-refractivity contribution >= 4 is 16.1 Å². The molecule has 28 heavy (non-hydrogen) atoms. The average Bonchev–Trinajstić information content (AvgIpc) is 2.66. The van der Waals surface area contributed by atoms with Crippen molar-refractivity contribution in [3.05, 3.63) is 71.3 Å². The quantitative estimate of drug-likeness (QED) is 0.794. The molecule has 2 aromatic carbocycles. The molecule has 0 saturated carbocycles. The van der Waals surface area contributed by atoms with E-state index in [2.05, 4.69) is 5.32 Å². The molecule has 0 atom stereocenters. The van der Waals surface area contributed by atoms with Crippen LogP contribution in [-0.2, 0) is 28.1 Å². The van der Waals surface area contributed by atoms with E-state index in [-0.39, 0.29) is 37.8 Å². The summed E-state index contributed by atoms with van der Waals surface area (Å²) in [5, 5.41) is 2.65. The van der Waals surface area contributed by atoms with Crippen molar-refractivity contribution in [2.24, 2.45) is 0 Å². The Morgan fingerprint density at radius 1 is 0.893 bits per heavy atom. The largest absolute Gasteiger partial charge is 0.351 e. The van der Waals surface area contributed by atoms with Gasteiger partial charge in [-0.2, -0.15) is 17.0 Å². The zero-order chi connectivity index (χ0) is 20.1. The van der Waals surface area contributed by atoms with Crippen LogP contribution >= 0.6 is 0 Å². The summed E-state index contributed by atoms with van der Waals surface area (Å²) in [5.74, 6) is -1.18. The third kappa shape index (κ3) is 5.12. The van der Waals surface area contributed by atoms with Gasteiger partial charge in [-0.1, -0.05) is 24.3 Å². The predicted octanol–water partition coefficient (Wildman–Crippen LogP) is 2.03. The van der Waals surface area contributed by atoms with Gasteiger partial charge in [0.2, 0.25) is 5.91 Å². The van der Waals surface area contributed by atoms with Crippen LogP contribution in [0.5, 0.6) is 0 Å². The molecule has 2 aromatic rings. The smallest absolute Gasteiger partial charge is 0.282 e. The van der Waals surface area contributed by atoms with Gasteiger partial charge in [-0.25, -0.2) is 8.78 Å². The average molecular weight is 409 g/mol. The first-order valence-corrected chi connectivity index (χ1v) is 10.2. The fourth-order valence-corrected chi connectivity index (χ4v) is 4.59. The van der Waals surface area contributed by atoms with E-state index in [1.54, 1.807) is 24.3 Å². The molecular formula is C19H21F2N3O3S. The highest BCUT2D eigenvalue weighted by Crippen LogP contribution is 2.19. The van der Waals surface area contributed by atoms with Crippen LogP contribution in [0.2, 0.25) is 0 Å². The number of carbonyl (C=O) groups is 1. The Balaban J connectivity index is 1.59. The Labute approximate surface area is 162 Å². The van der Waals surface area contributed by atoms with Crippen molar-refractivity contribution in [1.29, 1.82) is 0 Å². The maximum Gasteiger partial charge on any atom is 0.282 e. The molecule has 0 unspecified atom stereocenters. The van der Waals surface area contributed by atoms with Gasteiger partial charge in [0, 0.05) is 26.2 Å². The predicted molar refractivity (Wildman–Crippen MR) is 100 cm³/mol. The Kier molecular flexibility index (Phi) is 6.38. The SMILES string of the molecule is O=C(CN1CCCN(Cc2ccc(F)cc2)S1(=O)=O)NCc1ccc(F)cc1. The van der Waals surface area contributed by atoms with Gasteiger partial charge in [0.1, 0.15) is 11.6 Å². The van der Waals surface area contributed by atoms with Crippen molar-refractivity contribution < 1.29 is 22.0 Å². The molecule has 0 spiro atoms. The number of amides is 1. The van der Waals surface area contributed by atoms with E-state index in [4.69, 9.17) is 0 Å². The summed E-state index contributed by atoms with van der Waals surface area (Å²) in [7, 11) is -3.79. The molecule has 1 N–H and O–H groups in total. The molecule has 1 aliphatic rings. The Bertz CT molecular complexity index is 918. The van der Waals surface area contributed by atoms with Crippen molar-refractivity contribution in [1.82, 2.24) is 13.9 Å². The highest BCUT2D eigenvalue weighted by atomic mass is 32.2. The lowest BCUT2D eigenvalue weighted by molar-refractivity contribution is -0.121. The summed E-state index contributed by atoms with van der Waals surface area (Å²) >= 11 is 0. The molecule has 150 valence electrons. The molecule has 1 aliphatic heterocycles. The minimum Gasteiger partial charge on any atom is -0.351 e. The van der Waals surface area contributed by atoms with Crippen LogP contribution in [0, 0.1) is 11.6 Å². The van der Waals surface area contributed by atoms with Gasteiger partial charge < -0.3 is 5.32 Å². The third-order valence-electron chi connectivity index (χ3n) is 4.46. The van der Waals surface area contributed by atoms with Crippen LogP contribution in [0.3, 0.4) is 0 Å². The molecule has 1 amide bonds.